The van der Waals surface area contributed by atoms with Gasteiger partial charge in [0.25, 0.3) is 17.5 Å². The first-order valence-corrected chi connectivity index (χ1v) is 13.7. The van der Waals surface area contributed by atoms with Crippen LogP contribution in [-0.2, 0) is 19.6 Å². The Bertz CT molecular complexity index is 1370. The van der Waals surface area contributed by atoms with E-state index in [0.717, 1.165) is 15.3 Å². The highest BCUT2D eigenvalue weighted by Gasteiger charge is 2.46. The van der Waals surface area contributed by atoms with Crippen LogP contribution in [0.4, 0.5) is 5.69 Å². The fourth-order valence-corrected chi connectivity index (χ4v) is 6.00. The van der Waals surface area contributed by atoms with Gasteiger partial charge in [-0.15, -0.1) is 0 Å². The number of carbonyl (C=O) groups excluding carboxylic acids is 2. The average molecular weight is 587 g/mol. The second-order valence-electron chi connectivity index (χ2n) is 8.44. The summed E-state index contributed by atoms with van der Waals surface area (Å²) in [5.74, 6) is -3.25. The highest BCUT2D eigenvalue weighted by atomic mass is 35.5. The third-order valence-electron chi connectivity index (χ3n) is 5.79. The third kappa shape index (κ3) is 6.59. The quantitative estimate of drug-likeness (QED) is 0.316. The summed E-state index contributed by atoms with van der Waals surface area (Å²) in [6.07, 6.45) is -2.03. The molecule has 0 radical (unpaired) electrons. The van der Waals surface area contributed by atoms with Crippen LogP contribution in [0.2, 0.25) is 10.0 Å². The van der Waals surface area contributed by atoms with Crippen LogP contribution in [0.3, 0.4) is 0 Å². The maximum atomic E-state index is 13.6. The van der Waals surface area contributed by atoms with E-state index in [-0.39, 0.29) is 52.1 Å². The van der Waals surface area contributed by atoms with Gasteiger partial charge >= 0.3 is 5.97 Å². The lowest BCUT2D eigenvalue weighted by atomic mass is 10.0. The lowest BCUT2D eigenvalue weighted by molar-refractivity contribution is -0.384. The van der Waals surface area contributed by atoms with Gasteiger partial charge in [-0.25, -0.2) is 8.42 Å². The van der Waals surface area contributed by atoms with Gasteiger partial charge in [-0.2, -0.15) is 4.31 Å². The van der Waals surface area contributed by atoms with Crippen LogP contribution in [0.15, 0.2) is 42.5 Å². The fraction of sp³-hybridized carbons (Fsp3) is 0.348. The van der Waals surface area contributed by atoms with Crippen molar-refractivity contribution in [3.63, 3.8) is 0 Å². The molecule has 1 fully saturated rings. The molecule has 2 aromatic carbocycles. The normalized spacial score (nSPS) is 16.7. The lowest BCUT2D eigenvalue weighted by Crippen LogP contribution is -2.54. The Morgan fingerprint density at radius 2 is 1.87 bits per heavy atom. The molecule has 1 heterocycles. The van der Waals surface area contributed by atoms with Crippen LogP contribution in [0.25, 0.3) is 0 Å². The number of carboxylic acids is 1. The molecule has 0 aromatic heterocycles. The maximum absolute atomic E-state index is 13.6. The zero-order chi connectivity index (χ0) is 28.2. The highest BCUT2D eigenvalue weighted by Crippen LogP contribution is 2.28. The molecule has 12 nitrogen and oxygen atoms in total. The van der Waals surface area contributed by atoms with Crippen molar-refractivity contribution in [1.82, 2.24) is 14.5 Å². The minimum atomic E-state index is -3.98. The number of nitro groups is 1. The summed E-state index contributed by atoms with van der Waals surface area (Å²) < 4.78 is 26.9. The van der Waals surface area contributed by atoms with E-state index in [9.17, 15) is 38.0 Å². The molecule has 2 amide bonds. The van der Waals surface area contributed by atoms with Gasteiger partial charge in [0.05, 0.1) is 33.2 Å². The summed E-state index contributed by atoms with van der Waals surface area (Å²) in [7, 11) is -3.98. The van der Waals surface area contributed by atoms with Gasteiger partial charge in [-0.3, -0.25) is 24.5 Å². The van der Waals surface area contributed by atoms with Crippen molar-refractivity contribution in [1.29, 1.82) is 0 Å². The first-order valence-electron chi connectivity index (χ1n) is 11.4. The second-order valence-corrected chi connectivity index (χ2v) is 11.3. The van der Waals surface area contributed by atoms with Crippen LogP contribution in [0.1, 0.15) is 41.7 Å². The zero-order valence-electron chi connectivity index (χ0n) is 20.0. The molecule has 1 aliphatic heterocycles. The van der Waals surface area contributed by atoms with Crippen LogP contribution < -0.4 is 5.32 Å². The molecule has 0 saturated carbocycles. The van der Waals surface area contributed by atoms with E-state index < -0.39 is 51.4 Å². The Hall–Kier alpha value is -3.26. The van der Waals surface area contributed by atoms with Gasteiger partial charge in [0.2, 0.25) is 10.0 Å². The summed E-state index contributed by atoms with van der Waals surface area (Å²) in [4.78, 5) is 50.1. The monoisotopic (exact) mass is 586 g/mol. The molecule has 2 N–H and O–H groups in total. The number of sulfonamides is 1. The van der Waals surface area contributed by atoms with Gasteiger partial charge in [-0.1, -0.05) is 42.3 Å². The van der Waals surface area contributed by atoms with Crippen LogP contribution >= 0.6 is 23.2 Å². The molecule has 2 atom stereocenters. The Morgan fingerprint density at radius 3 is 2.47 bits per heavy atom. The summed E-state index contributed by atoms with van der Waals surface area (Å²) >= 11 is 12.0. The molecule has 1 aliphatic rings. The molecule has 3 rings (SSSR count). The molecular weight excluding hydrogens is 563 g/mol. The molecule has 15 heteroatoms. The molecule has 0 bridgehead atoms. The van der Waals surface area contributed by atoms with Crippen LogP contribution in [0, 0.1) is 10.1 Å². The highest BCUT2D eigenvalue weighted by molar-refractivity contribution is 7.89. The number of nitro benzene ring substituents is 1. The van der Waals surface area contributed by atoms with Crippen molar-refractivity contribution in [2.45, 2.75) is 32.0 Å². The van der Waals surface area contributed by atoms with Crippen molar-refractivity contribution in [2.75, 3.05) is 18.8 Å². The molecule has 38 heavy (non-hydrogen) atoms. The number of carbonyl (C=O) groups is 3. The third-order valence-corrected chi connectivity index (χ3v) is 8.55. The number of carboxylic acid groups (broad SMARTS) is 1. The number of hydrogen-bond acceptors (Lipinski definition) is 7. The predicted octanol–water partition coefficient (Wildman–Crippen LogP) is 3.06. The molecule has 0 spiro atoms. The Kier molecular flexibility index (Phi) is 9.31. The van der Waals surface area contributed by atoms with E-state index in [4.69, 9.17) is 23.2 Å². The molecule has 2 unspecified atom stereocenters. The van der Waals surface area contributed by atoms with Crippen LogP contribution in [0.5, 0.6) is 0 Å². The zero-order valence-corrected chi connectivity index (χ0v) is 22.4. The van der Waals surface area contributed by atoms with Gasteiger partial charge in [0, 0.05) is 30.8 Å². The SMILES string of the molecule is CCCS(=O)(=O)N1CCN(C(=O)c2ccc(Cl)c(Cl)c2)C1C(=O)NC(CC(=O)O)c1cccc([N+](=O)[O-])c1. The van der Waals surface area contributed by atoms with Crippen molar-refractivity contribution in [3.8, 4) is 0 Å². The van der Waals surface area contributed by atoms with E-state index in [1.165, 1.54) is 36.4 Å². The maximum Gasteiger partial charge on any atom is 0.305 e. The summed E-state index contributed by atoms with van der Waals surface area (Å²) in [5, 5.41) is 23.4. The van der Waals surface area contributed by atoms with Crippen LogP contribution in [-0.4, -0.2) is 70.4 Å². The number of aliphatic carboxylic acids is 1. The van der Waals surface area contributed by atoms with Gasteiger partial charge in [-0.05, 0) is 30.2 Å². The lowest BCUT2D eigenvalue weighted by Gasteiger charge is -2.30. The molecule has 1 saturated heterocycles. The van der Waals surface area contributed by atoms with Crippen molar-refractivity contribution < 1.29 is 32.8 Å². The number of rotatable bonds is 10. The number of hydrogen-bond donors (Lipinski definition) is 2. The fourth-order valence-electron chi connectivity index (χ4n) is 4.08. The second kappa shape index (κ2) is 12.1. The standard InChI is InChI=1S/C23H24Cl2N4O8S/c1-2-10-38(36,37)28-9-8-27(23(33)15-6-7-17(24)18(25)12-15)22(28)21(32)26-19(13-20(30)31)14-4-3-5-16(11-14)29(34)35/h3-7,11-12,19,22H,2,8-10,13H2,1H3,(H,26,32)(H,30,31). The van der Waals surface area contributed by atoms with Crippen molar-refractivity contribution in [2.24, 2.45) is 0 Å². The minimum absolute atomic E-state index is 0.0627. The summed E-state index contributed by atoms with van der Waals surface area (Å²) in [5.41, 5.74) is -0.137. The molecule has 0 aliphatic carbocycles. The Morgan fingerprint density at radius 1 is 1.16 bits per heavy atom. The van der Waals surface area contributed by atoms with Gasteiger partial charge in [0.1, 0.15) is 0 Å². The molecule has 204 valence electrons. The number of amides is 2. The van der Waals surface area contributed by atoms with Crippen molar-refractivity contribution in [3.05, 3.63) is 73.8 Å². The average Bonchev–Trinajstić information content (AvgIpc) is 3.31. The smallest absolute Gasteiger partial charge is 0.305 e. The van der Waals surface area contributed by atoms with E-state index in [1.807, 2.05) is 0 Å². The van der Waals surface area contributed by atoms with Gasteiger partial charge in [0.15, 0.2) is 6.17 Å². The minimum Gasteiger partial charge on any atom is -0.481 e. The summed E-state index contributed by atoms with van der Waals surface area (Å²) in [6.45, 7) is 1.35. The van der Waals surface area contributed by atoms with Crippen molar-refractivity contribution >= 4 is 56.7 Å². The van der Waals surface area contributed by atoms with E-state index in [0.29, 0.717) is 0 Å². The van der Waals surface area contributed by atoms with E-state index in [2.05, 4.69) is 5.32 Å². The number of benzene rings is 2. The first-order chi connectivity index (χ1) is 17.9. The summed E-state index contributed by atoms with van der Waals surface area (Å²) in [6, 6.07) is 7.87. The molecule has 2 aromatic rings. The number of non-ortho nitro benzene ring substituents is 1. The van der Waals surface area contributed by atoms with E-state index >= 15 is 0 Å². The topological polar surface area (TPSA) is 167 Å². The molecular formula is C23H24Cl2N4O8S. The number of nitrogens with zero attached hydrogens (tertiary/aromatic N) is 3. The predicted molar refractivity (Wildman–Crippen MR) is 138 cm³/mol. The van der Waals surface area contributed by atoms with Gasteiger partial charge < -0.3 is 15.3 Å². The number of halogens is 2. The largest absolute Gasteiger partial charge is 0.481 e. The number of nitrogens with one attached hydrogen (secondary N) is 1. The Balaban J connectivity index is 2.01. The Labute approximate surface area is 228 Å². The van der Waals surface area contributed by atoms with E-state index in [1.54, 1.807) is 6.92 Å². The first kappa shape index (κ1) is 29.3.